The van der Waals surface area contributed by atoms with Gasteiger partial charge in [-0.25, -0.2) is 0 Å². The molecule has 0 spiro atoms. The van der Waals surface area contributed by atoms with Crippen LogP contribution in [0.3, 0.4) is 0 Å². The van der Waals surface area contributed by atoms with E-state index in [-0.39, 0.29) is 11.2 Å². The highest BCUT2D eigenvalue weighted by Crippen LogP contribution is 2.27. The molecule has 2 rings (SSSR count). The maximum atomic E-state index is 12.1. The zero-order valence-electron chi connectivity index (χ0n) is 9.20. The molecule has 2 heteroatoms. The van der Waals surface area contributed by atoms with Gasteiger partial charge in [0.05, 0.1) is 5.56 Å². The Kier molecular flexibility index (Phi) is 2.14. The fourth-order valence-electron chi connectivity index (χ4n) is 1.56. The molecule has 0 aliphatic rings. The van der Waals surface area contributed by atoms with Gasteiger partial charge in [-0.3, -0.25) is 4.79 Å². The first-order valence-corrected chi connectivity index (χ1v) is 5.01. The topological polar surface area (TPSA) is 30.2 Å². The fourth-order valence-corrected chi connectivity index (χ4v) is 1.56. The third kappa shape index (κ3) is 1.67. The van der Waals surface area contributed by atoms with Gasteiger partial charge in [-0.1, -0.05) is 39.0 Å². The maximum Gasteiger partial charge on any atom is 0.172 e. The molecule has 0 saturated carbocycles. The lowest BCUT2D eigenvalue weighted by Gasteiger charge is -2.15. The van der Waals surface area contributed by atoms with Gasteiger partial charge >= 0.3 is 0 Å². The van der Waals surface area contributed by atoms with Gasteiger partial charge in [0.2, 0.25) is 0 Å². The van der Waals surface area contributed by atoms with Gasteiger partial charge in [-0.05, 0) is 6.07 Å². The van der Waals surface area contributed by atoms with E-state index in [1.807, 2.05) is 45.0 Å². The number of fused-ring (bicyclic) bond motifs is 1. The molecule has 0 aliphatic heterocycles. The average molecular weight is 202 g/mol. The van der Waals surface area contributed by atoms with E-state index in [9.17, 15) is 4.79 Å². The summed E-state index contributed by atoms with van der Waals surface area (Å²) >= 11 is 0. The molecule has 0 bridgehead atoms. The van der Waals surface area contributed by atoms with Gasteiger partial charge in [0, 0.05) is 10.8 Å². The predicted octanol–water partition coefficient (Wildman–Crippen LogP) is 3.66. The van der Waals surface area contributed by atoms with Gasteiger partial charge in [0.1, 0.15) is 11.8 Å². The summed E-state index contributed by atoms with van der Waals surface area (Å²) in [5.74, 6) is 0.118. The minimum Gasteiger partial charge on any atom is -0.464 e. The number of carbonyl (C=O) groups excluding carboxylic acids is 1. The molecule has 0 saturated heterocycles. The lowest BCUT2D eigenvalue weighted by molar-refractivity contribution is 0.0859. The van der Waals surface area contributed by atoms with E-state index >= 15 is 0 Å². The Morgan fingerprint density at radius 1 is 1.20 bits per heavy atom. The third-order valence-corrected chi connectivity index (χ3v) is 2.41. The van der Waals surface area contributed by atoms with E-state index in [4.69, 9.17) is 4.42 Å². The van der Waals surface area contributed by atoms with Crippen LogP contribution in [-0.2, 0) is 0 Å². The van der Waals surface area contributed by atoms with Crippen molar-refractivity contribution in [2.45, 2.75) is 20.8 Å². The average Bonchev–Trinajstić information content (AvgIpc) is 2.58. The zero-order valence-corrected chi connectivity index (χ0v) is 9.20. The molecule has 1 aromatic heterocycles. The van der Waals surface area contributed by atoms with Crippen LogP contribution >= 0.6 is 0 Å². The molecule has 78 valence electrons. The van der Waals surface area contributed by atoms with E-state index in [2.05, 4.69) is 0 Å². The normalized spacial score (nSPS) is 11.9. The van der Waals surface area contributed by atoms with E-state index in [1.165, 1.54) is 0 Å². The number of benzene rings is 1. The summed E-state index contributed by atoms with van der Waals surface area (Å²) in [5, 5.41) is 0.900. The van der Waals surface area contributed by atoms with Gasteiger partial charge in [0.25, 0.3) is 0 Å². The summed E-state index contributed by atoms with van der Waals surface area (Å²) < 4.78 is 5.34. The second-order valence-electron chi connectivity index (χ2n) is 4.72. The van der Waals surface area contributed by atoms with Crippen LogP contribution in [0.15, 0.2) is 34.9 Å². The van der Waals surface area contributed by atoms with Gasteiger partial charge in [-0.2, -0.15) is 0 Å². The van der Waals surface area contributed by atoms with Crippen LogP contribution < -0.4 is 0 Å². The van der Waals surface area contributed by atoms with E-state index in [0.717, 1.165) is 11.0 Å². The molecule has 0 atom stereocenters. The Morgan fingerprint density at radius 2 is 1.87 bits per heavy atom. The predicted molar refractivity (Wildman–Crippen MR) is 60.0 cm³/mol. The summed E-state index contributed by atoms with van der Waals surface area (Å²) in [6.07, 6.45) is 1.55. The molecule has 1 aromatic carbocycles. The highest BCUT2D eigenvalue weighted by Gasteiger charge is 2.25. The Bertz CT molecular complexity index is 500. The smallest absolute Gasteiger partial charge is 0.172 e. The Labute approximate surface area is 88.9 Å². The van der Waals surface area contributed by atoms with Crippen molar-refractivity contribution < 1.29 is 9.21 Å². The van der Waals surface area contributed by atoms with Crippen LogP contribution in [0.2, 0.25) is 0 Å². The number of para-hydroxylation sites is 1. The van der Waals surface area contributed by atoms with Crippen LogP contribution in [0, 0.1) is 5.41 Å². The highest BCUT2D eigenvalue weighted by atomic mass is 16.3. The Morgan fingerprint density at radius 3 is 2.53 bits per heavy atom. The first-order valence-electron chi connectivity index (χ1n) is 5.01. The first-order chi connectivity index (χ1) is 7.00. The second-order valence-corrected chi connectivity index (χ2v) is 4.72. The molecule has 0 unspecified atom stereocenters. The van der Waals surface area contributed by atoms with Gasteiger partial charge in [0.15, 0.2) is 5.78 Å². The Balaban J connectivity index is 2.58. The monoisotopic (exact) mass is 202 g/mol. The Hall–Kier alpha value is -1.57. The molecule has 0 N–H and O–H groups in total. The summed E-state index contributed by atoms with van der Waals surface area (Å²) in [7, 11) is 0. The molecule has 2 aromatic rings. The van der Waals surface area contributed by atoms with Crippen molar-refractivity contribution >= 4 is 16.8 Å². The number of carbonyl (C=O) groups is 1. The number of hydrogen-bond donors (Lipinski definition) is 0. The molecule has 1 heterocycles. The summed E-state index contributed by atoms with van der Waals surface area (Å²) in [6, 6.07) is 7.60. The molecular weight excluding hydrogens is 188 g/mol. The molecular formula is C13H14O2. The van der Waals surface area contributed by atoms with Crippen LogP contribution in [0.1, 0.15) is 31.1 Å². The van der Waals surface area contributed by atoms with Crippen LogP contribution in [0.25, 0.3) is 11.0 Å². The largest absolute Gasteiger partial charge is 0.464 e. The van der Waals surface area contributed by atoms with Crippen LogP contribution in [-0.4, -0.2) is 5.78 Å². The molecule has 15 heavy (non-hydrogen) atoms. The lowest BCUT2D eigenvalue weighted by Crippen LogP contribution is -2.19. The molecule has 0 fully saturated rings. The lowest BCUT2D eigenvalue weighted by atomic mass is 9.86. The van der Waals surface area contributed by atoms with Crippen LogP contribution in [0.5, 0.6) is 0 Å². The van der Waals surface area contributed by atoms with Crippen molar-refractivity contribution in [3.05, 3.63) is 36.1 Å². The summed E-state index contributed by atoms with van der Waals surface area (Å²) in [5.41, 5.74) is 1.08. The molecule has 0 radical (unpaired) electrons. The van der Waals surface area contributed by atoms with Crippen molar-refractivity contribution in [3.8, 4) is 0 Å². The number of furan rings is 1. The highest BCUT2D eigenvalue weighted by molar-refractivity contribution is 6.09. The van der Waals surface area contributed by atoms with Gasteiger partial charge in [-0.15, -0.1) is 0 Å². The summed E-state index contributed by atoms with van der Waals surface area (Å²) in [4.78, 5) is 12.1. The van der Waals surface area contributed by atoms with E-state index in [1.54, 1.807) is 6.26 Å². The molecule has 0 aliphatic carbocycles. The fraction of sp³-hybridized carbons (Fsp3) is 0.308. The SMILES string of the molecule is CC(C)(C)C(=O)c1coc2ccccc12. The molecule has 0 amide bonds. The summed E-state index contributed by atoms with van der Waals surface area (Å²) in [6.45, 7) is 5.74. The number of Topliss-reactive ketones (excluding diaryl/α,β-unsaturated/α-hetero) is 1. The number of rotatable bonds is 1. The number of hydrogen-bond acceptors (Lipinski definition) is 2. The maximum absolute atomic E-state index is 12.1. The van der Waals surface area contributed by atoms with E-state index in [0.29, 0.717) is 5.56 Å². The zero-order chi connectivity index (χ0) is 11.1. The third-order valence-electron chi connectivity index (χ3n) is 2.41. The van der Waals surface area contributed by atoms with Crippen molar-refractivity contribution in [2.75, 3.05) is 0 Å². The van der Waals surface area contributed by atoms with Crippen molar-refractivity contribution in [1.29, 1.82) is 0 Å². The first kappa shape index (κ1) is 9.97. The van der Waals surface area contributed by atoms with Crippen molar-refractivity contribution in [1.82, 2.24) is 0 Å². The minimum atomic E-state index is -0.368. The van der Waals surface area contributed by atoms with E-state index < -0.39 is 0 Å². The quantitative estimate of drug-likeness (QED) is 0.660. The van der Waals surface area contributed by atoms with Crippen LogP contribution in [0.4, 0.5) is 0 Å². The van der Waals surface area contributed by atoms with Crippen molar-refractivity contribution in [2.24, 2.45) is 5.41 Å². The molecule has 2 nitrogen and oxygen atoms in total. The minimum absolute atomic E-state index is 0.118. The standard InChI is InChI=1S/C13H14O2/c1-13(2,3)12(14)10-8-15-11-7-5-4-6-9(10)11/h4-8H,1-3H3. The second kappa shape index (κ2) is 3.23. The number of ketones is 1. The van der Waals surface area contributed by atoms with Gasteiger partial charge < -0.3 is 4.42 Å². The van der Waals surface area contributed by atoms with Crippen molar-refractivity contribution in [3.63, 3.8) is 0 Å².